The van der Waals surface area contributed by atoms with Crippen molar-refractivity contribution in [1.82, 2.24) is 4.90 Å². The minimum Gasteiger partial charge on any atom is -0.381 e. The van der Waals surface area contributed by atoms with Crippen LogP contribution in [0.25, 0.3) is 0 Å². The Morgan fingerprint density at radius 1 is 1.41 bits per heavy atom. The van der Waals surface area contributed by atoms with E-state index in [2.05, 4.69) is 13.8 Å². The fourth-order valence-electron chi connectivity index (χ4n) is 2.76. The Hall–Kier alpha value is -0.610. The van der Waals surface area contributed by atoms with Crippen molar-refractivity contribution < 1.29 is 9.53 Å². The number of likely N-dealkylation sites (tertiary alicyclic amines) is 1. The highest BCUT2D eigenvalue weighted by molar-refractivity contribution is 5.79. The van der Waals surface area contributed by atoms with Gasteiger partial charge in [0.25, 0.3) is 0 Å². The summed E-state index contributed by atoms with van der Waals surface area (Å²) in [5, 5.41) is 0. The Bertz CT molecular complexity index is 285. The van der Waals surface area contributed by atoms with Crippen LogP contribution in [0.15, 0.2) is 0 Å². The number of nitrogens with two attached hydrogens (primary N) is 1. The lowest BCUT2D eigenvalue weighted by atomic mass is 9.79. The summed E-state index contributed by atoms with van der Waals surface area (Å²) < 4.78 is 5.39. The summed E-state index contributed by atoms with van der Waals surface area (Å²) in [5.41, 5.74) is 6.12. The van der Waals surface area contributed by atoms with Crippen molar-refractivity contribution in [2.24, 2.45) is 17.1 Å². The van der Waals surface area contributed by atoms with Gasteiger partial charge >= 0.3 is 0 Å². The number of nitrogens with zero attached hydrogens (tertiary/aromatic N) is 1. The molecule has 0 bridgehead atoms. The van der Waals surface area contributed by atoms with E-state index in [-0.39, 0.29) is 23.3 Å². The van der Waals surface area contributed by atoms with Crippen LogP contribution in [0.3, 0.4) is 0 Å². The summed E-state index contributed by atoms with van der Waals surface area (Å²) >= 11 is 0. The molecule has 0 spiro atoms. The first-order valence-electron chi connectivity index (χ1n) is 6.63. The van der Waals surface area contributed by atoms with Crippen molar-refractivity contribution in [3.05, 3.63) is 0 Å². The zero-order valence-corrected chi connectivity index (χ0v) is 10.9. The smallest absolute Gasteiger partial charge is 0.228 e. The fourth-order valence-corrected chi connectivity index (χ4v) is 2.76. The maximum atomic E-state index is 12.4. The molecular formula is C13H24N2O2. The van der Waals surface area contributed by atoms with E-state index in [1.165, 1.54) is 0 Å². The third kappa shape index (κ3) is 2.80. The highest BCUT2D eigenvalue weighted by Crippen LogP contribution is 2.29. The van der Waals surface area contributed by atoms with Gasteiger partial charge in [0.2, 0.25) is 5.91 Å². The van der Waals surface area contributed by atoms with Crippen LogP contribution >= 0.6 is 0 Å². The molecular weight excluding hydrogens is 216 g/mol. The van der Waals surface area contributed by atoms with Crippen LogP contribution in [-0.2, 0) is 9.53 Å². The predicted molar refractivity (Wildman–Crippen MR) is 66.5 cm³/mol. The number of amides is 1. The molecule has 4 heteroatoms. The molecule has 2 atom stereocenters. The molecule has 4 nitrogen and oxygen atoms in total. The van der Waals surface area contributed by atoms with Gasteiger partial charge in [0, 0.05) is 25.7 Å². The van der Waals surface area contributed by atoms with E-state index < -0.39 is 0 Å². The number of piperidine rings is 1. The van der Waals surface area contributed by atoms with Crippen LogP contribution in [0.4, 0.5) is 0 Å². The first kappa shape index (κ1) is 12.8. The third-order valence-electron chi connectivity index (χ3n) is 4.13. The predicted octanol–water partition coefficient (Wildman–Crippen LogP) is 0.999. The lowest BCUT2D eigenvalue weighted by molar-refractivity contribution is -0.143. The maximum Gasteiger partial charge on any atom is 0.228 e. The highest BCUT2D eigenvalue weighted by Gasteiger charge is 2.37. The van der Waals surface area contributed by atoms with Crippen molar-refractivity contribution in [2.75, 3.05) is 26.3 Å². The van der Waals surface area contributed by atoms with Crippen LogP contribution in [0, 0.1) is 11.3 Å². The van der Waals surface area contributed by atoms with Crippen molar-refractivity contribution in [1.29, 1.82) is 0 Å². The van der Waals surface area contributed by atoms with E-state index in [0.29, 0.717) is 6.61 Å². The molecule has 2 fully saturated rings. The standard InChI is InChI=1S/C13H24N2O2/c1-13(2)9-15(6-5-11(13)14)12(16)10-4-3-7-17-8-10/h10-11H,3-9,14H2,1-2H3. The average Bonchev–Trinajstić information content (AvgIpc) is 2.33. The highest BCUT2D eigenvalue weighted by atomic mass is 16.5. The number of ether oxygens (including phenoxy) is 1. The Labute approximate surface area is 103 Å². The number of carbonyl (C=O) groups excluding carboxylic acids is 1. The summed E-state index contributed by atoms with van der Waals surface area (Å²) in [5.74, 6) is 0.346. The van der Waals surface area contributed by atoms with Crippen LogP contribution in [0.2, 0.25) is 0 Å². The fraction of sp³-hybridized carbons (Fsp3) is 0.923. The molecule has 0 radical (unpaired) electrons. The Morgan fingerprint density at radius 3 is 2.76 bits per heavy atom. The van der Waals surface area contributed by atoms with E-state index in [4.69, 9.17) is 10.5 Å². The topological polar surface area (TPSA) is 55.6 Å². The van der Waals surface area contributed by atoms with E-state index >= 15 is 0 Å². The summed E-state index contributed by atoms with van der Waals surface area (Å²) in [7, 11) is 0. The molecule has 0 aromatic rings. The average molecular weight is 240 g/mol. The molecule has 0 aromatic heterocycles. The lowest BCUT2D eigenvalue weighted by Gasteiger charge is -2.43. The molecule has 17 heavy (non-hydrogen) atoms. The summed E-state index contributed by atoms with van der Waals surface area (Å²) in [6.07, 6.45) is 2.89. The van der Waals surface area contributed by atoms with E-state index in [0.717, 1.165) is 39.0 Å². The third-order valence-corrected chi connectivity index (χ3v) is 4.13. The Kier molecular flexibility index (Phi) is 3.73. The first-order chi connectivity index (χ1) is 8.00. The molecule has 0 saturated carbocycles. The largest absolute Gasteiger partial charge is 0.381 e. The molecule has 2 saturated heterocycles. The number of carbonyl (C=O) groups is 1. The quantitative estimate of drug-likeness (QED) is 0.744. The van der Waals surface area contributed by atoms with Gasteiger partial charge < -0.3 is 15.4 Å². The van der Waals surface area contributed by atoms with Crippen LogP contribution < -0.4 is 5.73 Å². The van der Waals surface area contributed by atoms with E-state index in [1.54, 1.807) is 0 Å². The second-order valence-electron chi connectivity index (χ2n) is 6.06. The van der Waals surface area contributed by atoms with Crippen molar-refractivity contribution >= 4 is 5.91 Å². The van der Waals surface area contributed by atoms with Crippen LogP contribution in [-0.4, -0.2) is 43.2 Å². The molecule has 2 aliphatic heterocycles. The maximum absolute atomic E-state index is 12.4. The van der Waals surface area contributed by atoms with Crippen molar-refractivity contribution in [3.8, 4) is 0 Å². The number of hydrogen-bond donors (Lipinski definition) is 1. The Balaban J connectivity index is 1.95. The van der Waals surface area contributed by atoms with Gasteiger partial charge in [-0.05, 0) is 24.7 Å². The zero-order chi connectivity index (χ0) is 12.5. The van der Waals surface area contributed by atoms with Gasteiger partial charge in [-0.1, -0.05) is 13.8 Å². The minimum atomic E-state index is 0.0312. The number of hydrogen-bond acceptors (Lipinski definition) is 3. The molecule has 0 aromatic carbocycles. The van der Waals surface area contributed by atoms with Gasteiger partial charge in [0.05, 0.1) is 12.5 Å². The van der Waals surface area contributed by atoms with Crippen molar-refractivity contribution in [2.45, 2.75) is 39.2 Å². The van der Waals surface area contributed by atoms with Gasteiger partial charge in [-0.25, -0.2) is 0 Å². The molecule has 1 amide bonds. The van der Waals surface area contributed by atoms with Gasteiger partial charge in [-0.2, -0.15) is 0 Å². The molecule has 2 heterocycles. The van der Waals surface area contributed by atoms with E-state index in [9.17, 15) is 4.79 Å². The minimum absolute atomic E-state index is 0.0312. The molecule has 2 rings (SSSR count). The second kappa shape index (κ2) is 4.94. The monoisotopic (exact) mass is 240 g/mol. The first-order valence-corrected chi connectivity index (χ1v) is 6.63. The zero-order valence-electron chi connectivity index (χ0n) is 10.9. The molecule has 98 valence electrons. The summed E-state index contributed by atoms with van der Waals surface area (Å²) in [4.78, 5) is 14.3. The molecule has 0 aliphatic carbocycles. The van der Waals surface area contributed by atoms with Gasteiger partial charge in [0.15, 0.2) is 0 Å². The number of rotatable bonds is 1. The molecule has 2 aliphatic rings. The second-order valence-corrected chi connectivity index (χ2v) is 6.06. The van der Waals surface area contributed by atoms with Crippen molar-refractivity contribution in [3.63, 3.8) is 0 Å². The Morgan fingerprint density at radius 2 is 2.18 bits per heavy atom. The van der Waals surface area contributed by atoms with E-state index in [1.807, 2.05) is 4.90 Å². The van der Waals surface area contributed by atoms with Crippen LogP contribution in [0.5, 0.6) is 0 Å². The molecule has 2 unspecified atom stereocenters. The summed E-state index contributed by atoms with van der Waals surface area (Å²) in [6, 6.07) is 0.203. The summed E-state index contributed by atoms with van der Waals surface area (Å²) in [6.45, 7) is 7.29. The lowest BCUT2D eigenvalue weighted by Crippen LogP contribution is -2.55. The molecule has 2 N–H and O–H groups in total. The normalized spacial score (nSPS) is 33.5. The van der Waals surface area contributed by atoms with Gasteiger partial charge in [-0.15, -0.1) is 0 Å². The van der Waals surface area contributed by atoms with Gasteiger partial charge in [0.1, 0.15) is 0 Å². The SMILES string of the molecule is CC1(C)CN(C(=O)C2CCCOC2)CCC1N. The van der Waals surface area contributed by atoms with Gasteiger partial charge in [-0.3, -0.25) is 4.79 Å². The van der Waals surface area contributed by atoms with Crippen LogP contribution in [0.1, 0.15) is 33.1 Å².